The van der Waals surface area contributed by atoms with Crippen molar-refractivity contribution in [1.82, 2.24) is 4.98 Å². The van der Waals surface area contributed by atoms with E-state index in [9.17, 15) is 4.79 Å². The molecule has 1 aromatic rings. The van der Waals surface area contributed by atoms with Crippen molar-refractivity contribution in [2.45, 2.75) is 39.5 Å². The Morgan fingerprint density at radius 2 is 2.16 bits per heavy atom. The van der Waals surface area contributed by atoms with Crippen LogP contribution in [-0.2, 0) is 0 Å². The monoisotopic (exact) mass is 374 g/mol. The fourth-order valence-electron chi connectivity index (χ4n) is 2.40. The molecule has 2 N–H and O–H groups in total. The molecule has 0 saturated carbocycles. The van der Waals surface area contributed by atoms with Crippen molar-refractivity contribution in [2.75, 3.05) is 0 Å². The van der Waals surface area contributed by atoms with Crippen LogP contribution in [0.4, 0.5) is 0 Å². The van der Waals surface area contributed by atoms with E-state index in [-0.39, 0.29) is 0 Å². The molecule has 2 heterocycles. The van der Waals surface area contributed by atoms with Crippen LogP contribution in [0.5, 0.6) is 5.75 Å². The third-order valence-electron chi connectivity index (χ3n) is 3.82. The highest BCUT2D eigenvalue weighted by Crippen LogP contribution is 2.36. The lowest BCUT2D eigenvalue weighted by atomic mass is 10.0. The molecule has 0 atom stereocenters. The summed E-state index contributed by atoms with van der Waals surface area (Å²) in [6.45, 7) is 4.18. The van der Waals surface area contributed by atoms with Crippen molar-refractivity contribution in [2.24, 2.45) is 5.73 Å². The van der Waals surface area contributed by atoms with Crippen LogP contribution in [0.1, 0.15) is 50.0 Å². The first-order valence-corrected chi connectivity index (χ1v) is 9.49. The quantitative estimate of drug-likeness (QED) is 0.448. The Morgan fingerprint density at radius 3 is 2.72 bits per heavy atom. The van der Waals surface area contributed by atoms with Crippen LogP contribution in [0, 0.1) is 0 Å². The van der Waals surface area contributed by atoms with Crippen LogP contribution < -0.4 is 10.5 Å². The molecule has 0 fully saturated rings. The molecule has 25 heavy (non-hydrogen) atoms. The minimum absolute atomic E-state index is 0.372. The molecule has 0 amide bonds. The van der Waals surface area contributed by atoms with Gasteiger partial charge in [-0.25, -0.2) is 4.98 Å². The van der Waals surface area contributed by atoms with E-state index in [4.69, 9.17) is 22.7 Å². The zero-order chi connectivity index (χ0) is 18.2. The maximum absolute atomic E-state index is 10.8. The number of thiocarbonyl (C=S) groups is 1. The van der Waals surface area contributed by atoms with Crippen LogP contribution in [0.15, 0.2) is 51.7 Å². The van der Waals surface area contributed by atoms with E-state index in [0.717, 1.165) is 46.8 Å². The second-order valence-corrected chi connectivity index (χ2v) is 6.95. The van der Waals surface area contributed by atoms with Gasteiger partial charge in [-0.2, -0.15) is 0 Å². The minimum atomic E-state index is 0.372. The van der Waals surface area contributed by atoms with Gasteiger partial charge in [0, 0.05) is 10.4 Å². The van der Waals surface area contributed by atoms with Gasteiger partial charge in [-0.05, 0) is 54.5 Å². The third kappa shape index (κ3) is 5.03. The number of rotatable bonds is 5. The first-order chi connectivity index (χ1) is 12.1. The van der Waals surface area contributed by atoms with Crippen LogP contribution in [-0.4, -0.2) is 16.1 Å². The van der Waals surface area contributed by atoms with Gasteiger partial charge in [0.2, 0.25) is 0 Å². The Hall–Kier alpha value is -1.92. The first-order valence-electron chi connectivity index (χ1n) is 8.27. The fraction of sp³-hybridized carbons (Fsp3) is 0.316. The first kappa shape index (κ1) is 19.4. The number of thioether (sulfide) groups is 1. The van der Waals surface area contributed by atoms with Gasteiger partial charge in [0.15, 0.2) is 11.4 Å². The average molecular weight is 375 g/mol. The summed E-state index contributed by atoms with van der Waals surface area (Å²) in [7, 11) is 0. The molecule has 0 spiro atoms. The summed E-state index contributed by atoms with van der Waals surface area (Å²) in [5.74, 6) is 0.579. The second kappa shape index (κ2) is 9.53. The normalized spacial score (nSPS) is 22.6. The topological polar surface area (TPSA) is 65.2 Å². The highest BCUT2D eigenvalue weighted by Gasteiger charge is 2.19. The van der Waals surface area contributed by atoms with Gasteiger partial charge in [0.1, 0.15) is 11.4 Å². The summed E-state index contributed by atoms with van der Waals surface area (Å²) < 4.78 is 6.11. The lowest BCUT2D eigenvalue weighted by molar-refractivity contribution is 0.111. The van der Waals surface area contributed by atoms with E-state index < -0.39 is 0 Å². The Balaban J connectivity index is 2.45. The number of nitrogens with zero attached hydrogens (tertiary/aromatic N) is 1. The van der Waals surface area contributed by atoms with E-state index in [1.54, 1.807) is 36.3 Å². The van der Waals surface area contributed by atoms with E-state index in [1.165, 1.54) is 4.91 Å². The molecule has 132 valence electrons. The number of hydrogen-bond acceptors (Lipinski definition) is 6. The summed E-state index contributed by atoms with van der Waals surface area (Å²) in [5.41, 5.74) is 8.11. The number of nitrogens with two attached hydrogens (primary N) is 1. The predicted octanol–water partition coefficient (Wildman–Crippen LogP) is 4.93. The van der Waals surface area contributed by atoms with Gasteiger partial charge in [-0.3, -0.25) is 4.79 Å². The number of aromatic nitrogens is 1. The maximum Gasteiger partial charge on any atom is 0.169 e. The Bertz CT molecular complexity index is 734. The summed E-state index contributed by atoms with van der Waals surface area (Å²) >= 11 is 7.28. The lowest BCUT2D eigenvalue weighted by Crippen LogP contribution is -2.10. The highest BCUT2D eigenvalue weighted by atomic mass is 32.2. The molecule has 4 nitrogen and oxygen atoms in total. The standard InChI is InChI=1S/C19H22N2O2S2/c1-3-16-7-5-6-13(10-20)18(24)17(4-2)19(25-16)23-15-9-8-14(12-22)21-11-15/h7-12H,3-6,20H2,1-2H3/b13-10?,16-7+,19-17+. The molecular weight excluding hydrogens is 352 g/mol. The molecule has 6 heteroatoms. The molecule has 1 aromatic heterocycles. The molecule has 0 radical (unpaired) electrons. The second-order valence-electron chi connectivity index (χ2n) is 5.44. The molecule has 0 aromatic carbocycles. The number of ether oxygens (including phenoxy) is 1. The van der Waals surface area contributed by atoms with Crippen LogP contribution in [0.2, 0.25) is 0 Å². The Morgan fingerprint density at radius 1 is 1.36 bits per heavy atom. The van der Waals surface area contributed by atoms with Crippen molar-refractivity contribution in [3.63, 3.8) is 0 Å². The van der Waals surface area contributed by atoms with Gasteiger partial charge in [0.05, 0.1) is 6.20 Å². The van der Waals surface area contributed by atoms with Gasteiger partial charge in [-0.15, -0.1) is 0 Å². The zero-order valence-electron chi connectivity index (χ0n) is 14.5. The van der Waals surface area contributed by atoms with E-state index in [1.807, 2.05) is 0 Å². The summed E-state index contributed by atoms with van der Waals surface area (Å²) in [6, 6.07) is 3.37. The van der Waals surface area contributed by atoms with Gasteiger partial charge >= 0.3 is 0 Å². The molecule has 2 rings (SSSR count). The van der Waals surface area contributed by atoms with Crippen molar-refractivity contribution < 1.29 is 9.53 Å². The predicted molar refractivity (Wildman–Crippen MR) is 108 cm³/mol. The molecule has 1 aliphatic heterocycles. The van der Waals surface area contributed by atoms with E-state index >= 15 is 0 Å². The Labute approximate surface area is 158 Å². The summed E-state index contributed by atoms with van der Waals surface area (Å²) in [4.78, 5) is 16.8. The number of hydrogen-bond donors (Lipinski definition) is 1. The molecule has 0 bridgehead atoms. The van der Waals surface area contributed by atoms with Gasteiger partial charge in [0.25, 0.3) is 0 Å². The van der Waals surface area contributed by atoms with E-state index in [2.05, 4.69) is 24.9 Å². The molecule has 1 aliphatic rings. The van der Waals surface area contributed by atoms with Crippen molar-refractivity contribution in [3.05, 3.63) is 57.4 Å². The number of allylic oxidation sites excluding steroid dienone is 4. The minimum Gasteiger partial charge on any atom is -0.448 e. The van der Waals surface area contributed by atoms with Crippen molar-refractivity contribution >= 4 is 35.1 Å². The smallest absolute Gasteiger partial charge is 0.169 e. The van der Waals surface area contributed by atoms with Crippen LogP contribution in [0.3, 0.4) is 0 Å². The fourth-order valence-corrected chi connectivity index (χ4v) is 3.97. The molecular formula is C19H22N2O2S2. The van der Waals surface area contributed by atoms with E-state index in [0.29, 0.717) is 17.7 Å². The van der Waals surface area contributed by atoms with Gasteiger partial charge < -0.3 is 10.5 Å². The lowest BCUT2D eigenvalue weighted by Gasteiger charge is -2.16. The third-order valence-corrected chi connectivity index (χ3v) is 5.56. The molecule has 0 unspecified atom stereocenters. The highest BCUT2D eigenvalue weighted by molar-refractivity contribution is 8.06. The average Bonchev–Trinajstić information content (AvgIpc) is 2.70. The molecule has 0 saturated heterocycles. The van der Waals surface area contributed by atoms with Crippen LogP contribution >= 0.6 is 24.0 Å². The SMILES string of the molecule is CC/C1=C\CCC(=CN)C(=S)/C(CC)=C(\Oc2ccc(C=O)nc2)S1. The maximum atomic E-state index is 10.8. The van der Waals surface area contributed by atoms with Crippen LogP contribution in [0.25, 0.3) is 0 Å². The van der Waals surface area contributed by atoms with Gasteiger partial charge in [-0.1, -0.05) is 43.9 Å². The Kier molecular flexibility index (Phi) is 7.40. The number of carbonyl (C=O) groups excluding carboxylic acids is 1. The summed E-state index contributed by atoms with van der Waals surface area (Å²) in [6.07, 6.45) is 9.47. The largest absolute Gasteiger partial charge is 0.448 e. The number of aldehydes is 1. The molecule has 0 aliphatic carbocycles. The van der Waals surface area contributed by atoms with Crippen molar-refractivity contribution in [3.8, 4) is 5.75 Å². The summed E-state index contributed by atoms with van der Waals surface area (Å²) in [5, 5.41) is 0.752. The number of carbonyl (C=O) groups is 1. The zero-order valence-corrected chi connectivity index (χ0v) is 16.1. The number of pyridine rings is 1. The van der Waals surface area contributed by atoms with Crippen molar-refractivity contribution in [1.29, 1.82) is 0 Å².